The molecule has 0 bridgehead atoms. The van der Waals surface area contributed by atoms with Gasteiger partial charge in [0.2, 0.25) is 0 Å². The highest BCUT2D eigenvalue weighted by molar-refractivity contribution is 9.12. The zero-order valence-electron chi connectivity index (χ0n) is 12.6. The Morgan fingerprint density at radius 3 is 2.45 bits per heavy atom. The molecular weight excluding hydrogens is 346 g/mol. The van der Waals surface area contributed by atoms with Crippen LogP contribution in [0.2, 0.25) is 0 Å². The number of hydrogen-bond acceptors (Lipinski definition) is 4. The van der Waals surface area contributed by atoms with Gasteiger partial charge in [0.1, 0.15) is 5.71 Å². The SMILES string of the molecule is CC1=C(Br)C(=O)C(C(C)C)=CC1=NOC(=O)c1ccccc1. The molecule has 5 heteroatoms. The Bertz CT molecular complexity index is 700. The second kappa shape index (κ2) is 6.83. The molecule has 0 saturated heterocycles. The van der Waals surface area contributed by atoms with Crippen LogP contribution in [0.15, 0.2) is 57.2 Å². The largest absolute Gasteiger partial charge is 0.365 e. The van der Waals surface area contributed by atoms with Crippen LogP contribution in [-0.4, -0.2) is 17.5 Å². The first-order valence-electron chi connectivity index (χ1n) is 6.89. The van der Waals surface area contributed by atoms with Crippen molar-refractivity contribution in [3.63, 3.8) is 0 Å². The van der Waals surface area contributed by atoms with Crippen LogP contribution in [0.25, 0.3) is 0 Å². The first-order valence-corrected chi connectivity index (χ1v) is 7.68. The van der Waals surface area contributed by atoms with Gasteiger partial charge < -0.3 is 4.84 Å². The molecule has 1 aromatic carbocycles. The van der Waals surface area contributed by atoms with Crippen molar-refractivity contribution in [2.45, 2.75) is 20.8 Å². The van der Waals surface area contributed by atoms with E-state index >= 15 is 0 Å². The maximum Gasteiger partial charge on any atom is 0.365 e. The highest BCUT2D eigenvalue weighted by atomic mass is 79.9. The number of allylic oxidation sites excluding steroid dienone is 4. The number of carbonyl (C=O) groups is 2. The summed E-state index contributed by atoms with van der Waals surface area (Å²) in [6, 6.07) is 8.63. The van der Waals surface area contributed by atoms with E-state index in [1.54, 1.807) is 37.3 Å². The molecule has 0 aromatic heterocycles. The number of hydrogen-bond donors (Lipinski definition) is 0. The van der Waals surface area contributed by atoms with Crippen LogP contribution < -0.4 is 0 Å². The van der Waals surface area contributed by atoms with Crippen LogP contribution in [0.1, 0.15) is 31.1 Å². The second-order valence-corrected chi connectivity index (χ2v) is 6.04. The smallest absolute Gasteiger partial charge is 0.312 e. The number of oxime groups is 1. The van der Waals surface area contributed by atoms with Crippen LogP contribution in [0.4, 0.5) is 0 Å². The molecule has 0 fully saturated rings. The minimum absolute atomic E-state index is 0.0548. The van der Waals surface area contributed by atoms with Gasteiger partial charge in [-0.3, -0.25) is 4.79 Å². The summed E-state index contributed by atoms with van der Waals surface area (Å²) in [5.74, 6) is -0.530. The van der Waals surface area contributed by atoms with Gasteiger partial charge >= 0.3 is 5.97 Å². The van der Waals surface area contributed by atoms with Crippen molar-refractivity contribution in [1.29, 1.82) is 0 Å². The van der Waals surface area contributed by atoms with Crippen LogP contribution in [-0.2, 0) is 9.63 Å². The van der Waals surface area contributed by atoms with E-state index in [1.165, 1.54) is 0 Å². The van der Waals surface area contributed by atoms with Crippen molar-refractivity contribution < 1.29 is 14.4 Å². The van der Waals surface area contributed by atoms with E-state index in [0.29, 0.717) is 26.9 Å². The molecule has 2 rings (SSSR count). The fourth-order valence-corrected chi connectivity index (χ4v) is 2.40. The zero-order valence-corrected chi connectivity index (χ0v) is 14.2. The molecule has 0 saturated carbocycles. The van der Waals surface area contributed by atoms with Gasteiger partial charge in [-0.1, -0.05) is 37.2 Å². The molecule has 1 aliphatic rings. The summed E-state index contributed by atoms with van der Waals surface area (Å²) in [6.45, 7) is 5.61. The molecule has 0 radical (unpaired) electrons. The third-order valence-electron chi connectivity index (χ3n) is 3.33. The monoisotopic (exact) mass is 361 g/mol. The first-order chi connectivity index (χ1) is 10.4. The minimum Gasteiger partial charge on any atom is -0.312 e. The Kier molecular flexibility index (Phi) is 5.08. The maximum absolute atomic E-state index is 12.1. The third kappa shape index (κ3) is 3.42. The number of ketones is 1. The Balaban J connectivity index is 2.26. The average molecular weight is 362 g/mol. The summed E-state index contributed by atoms with van der Waals surface area (Å²) in [5.41, 5.74) is 2.18. The van der Waals surface area contributed by atoms with E-state index in [2.05, 4.69) is 21.1 Å². The Hall–Kier alpha value is -2.01. The Labute approximate surface area is 137 Å². The highest BCUT2D eigenvalue weighted by Gasteiger charge is 2.25. The number of nitrogens with zero attached hydrogens (tertiary/aromatic N) is 1. The van der Waals surface area contributed by atoms with E-state index in [9.17, 15) is 9.59 Å². The number of halogens is 1. The van der Waals surface area contributed by atoms with Gasteiger partial charge in [0.15, 0.2) is 5.78 Å². The quantitative estimate of drug-likeness (QED) is 0.463. The molecule has 0 heterocycles. The van der Waals surface area contributed by atoms with Gasteiger partial charge in [0, 0.05) is 5.57 Å². The lowest BCUT2D eigenvalue weighted by molar-refractivity contribution is -0.112. The highest BCUT2D eigenvalue weighted by Crippen LogP contribution is 2.28. The van der Waals surface area contributed by atoms with E-state index < -0.39 is 5.97 Å². The summed E-state index contributed by atoms with van der Waals surface area (Å²) in [4.78, 5) is 29.0. The predicted molar refractivity (Wildman–Crippen MR) is 88.8 cm³/mol. The van der Waals surface area contributed by atoms with Crippen molar-refractivity contribution in [2.75, 3.05) is 0 Å². The Morgan fingerprint density at radius 1 is 1.23 bits per heavy atom. The standard InChI is InChI=1S/C17H16BrNO3/c1-10(2)13-9-14(11(3)15(18)16(13)20)19-22-17(21)12-7-5-4-6-8-12/h4-10H,1-3H3. The van der Waals surface area contributed by atoms with Crippen LogP contribution in [0.3, 0.4) is 0 Å². The lowest BCUT2D eigenvalue weighted by Gasteiger charge is -2.17. The fourth-order valence-electron chi connectivity index (χ4n) is 1.97. The van der Waals surface area contributed by atoms with Gasteiger partial charge in [-0.15, -0.1) is 0 Å². The van der Waals surface area contributed by atoms with Gasteiger partial charge in [0.25, 0.3) is 0 Å². The van der Waals surface area contributed by atoms with Gasteiger partial charge in [-0.25, -0.2) is 4.79 Å². The molecule has 22 heavy (non-hydrogen) atoms. The van der Waals surface area contributed by atoms with Crippen molar-refractivity contribution in [1.82, 2.24) is 0 Å². The Morgan fingerprint density at radius 2 is 1.86 bits per heavy atom. The number of Topliss-reactive ketones (excluding diaryl/α,β-unsaturated/α-hetero) is 1. The van der Waals surface area contributed by atoms with E-state index in [-0.39, 0.29) is 11.7 Å². The maximum atomic E-state index is 12.1. The molecule has 0 unspecified atom stereocenters. The number of benzene rings is 1. The topological polar surface area (TPSA) is 55.7 Å². The van der Waals surface area contributed by atoms with Gasteiger partial charge in [0.05, 0.1) is 10.0 Å². The van der Waals surface area contributed by atoms with Crippen molar-refractivity contribution >= 4 is 33.4 Å². The normalized spacial score (nSPS) is 17.0. The molecule has 4 nitrogen and oxygen atoms in total. The molecule has 0 aliphatic heterocycles. The van der Waals surface area contributed by atoms with Crippen molar-refractivity contribution in [3.8, 4) is 0 Å². The second-order valence-electron chi connectivity index (χ2n) is 5.24. The predicted octanol–water partition coefficient (Wildman–Crippen LogP) is 4.03. The molecule has 1 aliphatic carbocycles. The number of carbonyl (C=O) groups excluding carboxylic acids is 2. The fraction of sp³-hybridized carbons (Fsp3) is 0.235. The molecular formula is C17H16BrNO3. The minimum atomic E-state index is -0.534. The van der Waals surface area contributed by atoms with Crippen LogP contribution in [0, 0.1) is 5.92 Å². The molecule has 0 spiro atoms. The summed E-state index contributed by atoms with van der Waals surface area (Å²) in [6.07, 6.45) is 1.67. The van der Waals surface area contributed by atoms with Crippen molar-refractivity contribution in [3.05, 3.63) is 57.6 Å². The van der Waals surface area contributed by atoms with E-state index in [0.717, 1.165) is 0 Å². The van der Waals surface area contributed by atoms with Gasteiger partial charge in [-0.05, 0) is 52.6 Å². The van der Waals surface area contributed by atoms with Crippen molar-refractivity contribution in [2.24, 2.45) is 11.1 Å². The third-order valence-corrected chi connectivity index (χ3v) is 4.28. The molecule has 0 atom stereocenters. The number of rotatable bonds is 3. The van der Waals surface area contributed by atoms with Crippen LogP contribution in [0.5, 0.6) is 0 Å². The molecule has 0 amide bonds. The lowest BCUT2D eigenvalue weighted by atomic mass is 9.90. The molecule has 114 valence electrons. The van der Waals surface area contributed by atoms with E-state index in [4.69, 9.17) is 4.84 Å². The summed E-state index contributed by atoms with van der Waals surface area (Å²) >= 11 is 3.29. The summed E-state index contributed by atoms with van der Waals surface area (Å²) < 4.78 is 0.452. The molecule has 1 aromatic rings. The average Bonchev–Trinajstić information content (AvgIpc) is 2.52. The zero-order chi connectivity index (χ0) is 16.3. The molecule has 0 N–H and O–H groups in total. The van der Waals surface area contributed by atoms with Gasteiger partial charge in [-0.2, -0.15) is 0 Å². The lowest BCUT2D eigenvalue weighted by Crippen LogP contribution is -2.19. The summed E-state index contributed by atoms with van der Waals surface area (Å²) in [5, 5.41) is 3.91. The summed E-state index contributed by atoms with van der Waals surface area (Å²) in [7, 11) is 0. The first kappa shape index (κ1) is 16.4. The van der Waals surface area contributed by atoms with Crippen LogP contribution >= 0.6 is 15.9 Å². The van der Waals surface area contributed by atoms with E-state index in [1.807, 2.05) is 19.9 Å².